The van der Waals surface area contributed by atoms with Crippen LogP contribution in [0, 0.1) is 5.92 Å². The first kappa shape index (κ1) is 12.4. The molecule has 2 nitrogen and oxygen atoms in total. The highest BCUT2D eigenvalue weighted by molar-refractivity contribution is 4.88. The molecule has 2 rings (SSSR count). The van der Waals surface area contributed by atoms with Gasteiger partial charge in [0.05, 0.1) is 0 Å². The van der Waals surface area contributed by atoms with Crippen molar-refractivity contribution in [2.75, 3.05) is 19.6 Å². The Hall–Kier alpha value is -0.0800. The lowest BCUT2D eigenvalue weighted by Crippen LogP contribution is -2.51. The van der Waals surface area contributed by atoms with E-state index in [1.165, 1.54) is 58.2 Å². The Kier molecular flexibility index (Phi) is 4.66. The number of nitrogens with zero attached hydrogens (tertiary/aromatic N) is 1. The van der Waals surface area contributed by atoms with Crippen LogP contribution in [0.25, 0.3) is 0 Å². The predicted octanol–water partition coefficient (Wildman–Crippen LogP) is 2.64. The molecule has 0 radical (unpaired) electrons. The molecule has 0 spiro atoms. The number of piperidine rings is 1. The van der Waals surface area contributed by atoms with Gasteiger partial charge in [0, 0.05) is 18.6 Å². The maximum Gasteiger partial charge on any atom is 0.0246 e. The Morgan fingerprint density at radius 3 is 2.75 bits per heavy atom. The molecule has 1 N–H and O–H groups in total. The van der Waals surface area contributed by atoms with E-state index in [0.717, 1.165) is 12.0 Å². The molecule has 1 aliphatic carbocycles. The topological polar surface area (TPSA) is 15.3 Å². The van der Waals surface area contributed by atoms with E-state index in [0.29, 0.717) is 6.04 Å². The van der Waals surface area contributed by atoms with E-state index in [-0.39, 0.29) is 0 Å². The largest absolute Gasteiger partial charge is 0.313 e. The number of rotatable bonds is 6. The number of hydrogen-bond acceptors (Lipinski definition) is 2. The number of likely N-dealkylation sites (tertiary alicyclic amines) is 1. The molecule has 1 aliphatic heterocycles. The zero-order valence-corrected chi connectivity index (χ0v) is 11.0. The molecule has 0 aromatic heterocycles. The molecule has 2 atom stereocenters. The molecular formula is C14H28N2. The third kappa shape index (κ3) is 3.46. The summed E-state index contributed by atoms with van der Waals surface area (Å²) in [5, 5.41) is 3.68. The Bertz CT molecular complexity index is 201. The van der Waals surface area contributed by atoms with Crippen LogP contribution in [-0.4, -0.2) is 36.6 Å². The number of nitrogens with one attached hydrogen (secondary N) is 1. The van der Waals surface area contributed by atoms with Crippen LogP contribution < -0.4 is 5.32 Å². The molecule has 2 aliphatic rings. The third-order valence-corrected chi connectivity index (χ3v) is 4.15. The summed E-state index contributed by atoms with van der Waals surface area (Å²) in [6.45, 7) is 8.53. The van der Waals surface area contributed by atoms with Crippen molar-refractivity contribution in [2.24, 2.45) is 5.92 Å². The second-order valence-electron chi connectivity index (χ2n) is 5.74. The Morgan fingerprint density at radius 1 is 1.25 bits per heavy atom. The highest BCUT2D eigenvalue weighted by atomic mass is 15.2. The summed E-state index contributed by atoms with van der Waals surface area (Å²) in [6, 6.07) is 1.49. The minimum atomic E-state index is 0.680. The number of hydrogen-bond donors (Lipinski definition) is 1. The van der Waals surface area contributed by atoms with Crippen molar-refractivity contribution in [3.8, 4) is 0 Å². The lowest BCUT2D eigenvalue weighted by Gasteiger charge is -2.39. The quantitative estimate of drug-likeness (QED) is 0.746. The van der Waals surface area contributed by atoms with Gasteiger partial charge in [-0.25, -0.2) is 0 Å². The van der Waals surface area contributed by atoms with Gasteiger partial charge in [0.1, 0.15) is 0 Å². The normalized spacial score (nSPS) is 29.2. The van der Waals surface area contributed by atoms with Crippen LogP contribution in [0.3, 0.4) is 0 Å². The summed E-state index contributed by atoms with van der Waals surface area (Å²) in [5.41, 5.74) is 0. The minimum Gasteiger partial charge on any atom is -0.313 e. The summed E-state index contributed by atoms with van der Waals surface area (Å²) in [7, 11) is 0. The lowest BCUT2D eigenvalue weighted by molar-refractivity contribution is 0.114. The molecule has 0 aromatic rings. The second kappa shape index (κ2) is 6.02. The van der Waals surface area contributed by atoms with E-state index in [1.54, 1.807) is 0 Å². The molecule has 94 valence electrons. The van der Waals surface area contributed by atoms with Crippen LogP contribution in [0.1, 0.15) is 52.4 Å². The van der Waals surface area contributed by atoms with Gasteiger partial charge in [-0.05, 0) is 58.0 Å². The molecule has 2 unspecified atom stereocenters. The van der Waals surface area contributed by atoms with Crippen molar-refractivity contribution < 1.29 is 0 Å². The van der Waals surface area contributed by atoms with Crippen LogP contribution in [0.5, 0.6) is 0 Å². The third-order valence-electron chi connectivity index (χ3n) is 4.15. The van der Waals surface area contributed by atoms with E-state index in [9.17, 15) is 0 Å². The van der Waals surface area contributed by atoms with Crippen molar-refractivity contribution >= 4 is 0 Å². The van der Waals surface area contributed by atoms with Gasteiger partial charge in [0.25, 0.3) is 0 Å². The average Bonchev–Trinajstić information content (AvgIpc) is 3.10. The van der Waals surface area contributed by atoms with Crippen molar-refractivity contribution in [2.45, 2.75) is 64.5 Å². The second-order valence-corrected chi connectivity index (χ2v) is 5.74. The molecule has 16 heavy (non-hydrogen) atoms. The maximum atomic E-state index is 3.68. The van der Waals surface area contributed by atoms with Gasteiger partial charge in [-0.3, -0.25) is 4.90 Å². The van der Waals surface area contributed by atoms with Crippen molar-refractivity contribution in [1.29, 1.82) is 0 Å². The van der Waals surface area contributed by atoms with Gasteiger partial charge in [-0.2, -0.15) is 0 Å². The van der Waals surface area contributed by atoms with Crippen molar-refractivity contribution in [3.05, 3.63) is 0 Å². The fourth-order valence-electron chi connectivity index (χ4n) is 2.95. The first-order valence-electron chi connectivity index (χ1n) is 7.28. The molecular weight excluding hydrogens is 196 g/mol. The van der Waals surface area contributed by atoms with Gasteiger partial charge in [-0.15, -0.1) is 0 Å². The van der Waals surface area contributed by atoms with E-state index >= 15 is 0 Å². The molecule has 1 heterocycles. The SMILES string of the molecule is CCCNC(C)C1CCCCN1CC1CC1. The summed E-state index contributed by atoms with van der Waals surface area (Å²) in [5.74, 6) is 1.04. The van der Waals surface area contributed by atoms with Crippen LogP contribution in [-0.2, 0) is 0 Å². The molecule has 1 saturated heterocycles. The van der Waals surface area contributed by atoms with Gasteiger partial charge in [0.15, 0.2) is 0 Å². The van der Waals surface area contributed by atoms with Gasteiger partial charge >= 0.3 is 0 Å². The molecule has 0 bridgehead atoms. The van der Waals surface area contributed by atoms with Gasteiger partial charge < -0.3 is 5.32 Å². The fraction of sp³-hybridized carbons (Fsp3) is 1.00. The lowest BCUT2D eigenvalue weighted by atomic mass is 9.96. The summed E-state index contributed by atoms with van der Waals surface area (Å²) in [4.78, 5) is 2.77. The van der Waals surface area contributed by atoms with Gasteiger partial charge in [-0.1, -0.05) is 13.3 Å². The van der Waals surface area contributed by atoms with Crippen LogP contribution >= 0.6 is 0 Å². The average molecular weight is 224 g/mol. The molecule has 0 amide bonds. The van der Waals surface area contributed by atoms with Gasteiger partial charge in [0.2, 0.25) is 0 Å². The van der Waals surface area contributed by atoms with E-state index in [2.05, 4.69) is 24.1 Å². The Balaban J connectivity index is 1.81. The zero-order chi connectivity index (χ0) is 11.4. The van der Waals surface area contributed by atoms with Crippen molar-refractivity contribution in [3.63, 3.8) is 0 Å². The Morgan fingerprint density at radius 2 is 2.06 bits per heavy atom. The zero-order valence-electron chi connectivity index (χ0n) is 11.0. The highest BCUT2D eigenvalue weighted by Crippen LogP contribution is 2.32. The molecule has 2 heteroatoms. The van der Waals surface area contributed by atoms with E-state index in [1.807, 2.05) is 0 Å². The van der Waals surface area contributed by atoms with E-state index in [4.69, 9.17) is 0 Å². The maximum absolute atomic E-state index is 3.68. The first-order valence-corrected chi connectivity index (χ1v) is 7.28. The predicted molar refractivity (Wildman–Crippen MR) is 69.7 cm³/mol. The molecule has 2 fully saturated rings. The minimum absolute atomic E-state index is 0.680. The van der Waals surface area contributed by atoms with Crippen LogP contribution in [0.15, 0.2) is 0 Å². The fourth-order valence-corrected chi connectivity index (χ4v) is 2.95. The summed E-state index contributed by atoms with van der Waals surface area (Å²) < 4.78 is 0. The van der Waals surface area contributed by atoms with E-state index < -0.39 is 0 Å². The standard InChI is InChI=1S/C14H28N2/c1-3-9-15-12(2)14-6-4-5-10-16(14)11-13-7-8-13/h12-15H,3-11H2,1-2H3. The molecule has 0 aromatic carbocycles. The first-order chi connectivity index (χ1) is 7.81. The summed E-state index contributed by atoms with van der Waals surface area (Å²) >= 11 is 0. The summed E-state index contributed by atoms with van der Waals surface area (Å²) in [6.07, 6.45) is 8.48. The Labute approximate surface area is 101 Å². The molecule has 1 saturated carbocycles. The van der Waals surface area contributed by atoms with Crippen molar-refractivity contribution in [1.82, 2.24) is 10.2 Å². The monoisotopic (exact) mass is 224 g/mol. The van der Waals surface area contributed by atoms with Crippen LogP contribution in [0.2, 0.25) is 0 Å². The smallest absolute Gasteiger partial charge is 0.0246 e. The highest BCUT2D eigenvalue weighted by Gasteiger charge is 2.31. The van der Waals surface area contributed by atoms with Crippen LogP contribution in [0.4, 0.5) is 0 Å².